The summed E-state index contributed by atoms with van der Waals surface area (Å²) in [5, 5.41) is 12.7. The van der Waals surface area contributed by atoms with E-state index in [4.69, 9.17) is 10.9 Å². The molecule has 1 aromatic heterocycles. The maximum absolute atomic E-state index is 8.73. The van der Waals surface area contributed by atoms with Crippen LogP contribution >= 0.6 is 11.8 Å². The Morgan fingerprint density at radius 3 is 2.55 bits per heavy atom. The first kappa shape index (κ1) is 14.4. The molecular weight excluding hydrogens is 270 g/mol. The molecule has 0 aliphatic heterocycles. The van der Waals surface area contributed by atoms with Crippen LogP contribution in [0.5, 0.6) is 0 Å². The average Bonchev–Trinajstić information content (AvgIpc) is 2.36. The van der Waals surface area contributed by atoms with Crippen molar-refractivity contribution >= 4 is 17.6 Å². The van der Waals surface area contributed by atoms with Crippen LogP contribution in [0.15, 0.2) is 45.4 Å². The molecule has 5 heteroatoms. The van der Waals surface area contributed by atoms with Gasteiger partial charge in [0, 0.05) is 16.2 Å². The van der Waals surface area contributed by atoms with Crippen molar-refractivity contribution in [3.63, 3.8) is 0 Å². The Balaban J connectivity index is 2.28. The van der Waals surface area contributed by atoms with Crippen molar-refractivity contribution in [2.24, 2.45) is 10.9 Å². The zero-order valence-corrected chi connectivity index (χ0v) is 12.5. The Morgan fingerprint density at radius 2 is 1.95 bits per heavy atom. The summed E-state index contributed by atoms with van der Waals surface area (Å²) in [7, 11) is 0. The third-order valence-corrected chi connectivity index (χ3v) is 3.79. The molecule has 0 aliphatic rings. The van der Waals surface area contributed by atoms with E-state index in [2.05, 4.69) is 29.2 Å². The molecular formula is C15H17N3OS. The molecule has 1 heterocycles. The molecule has 0 radical (unpaired) electrons. The largest absolute Gasteiger partial charge is 0.409 e. The van der Waals surface area contributed by atoms with Crippen LogP contribution in [0, 0.1) is 20.8 Å². The van der Waals surface area contributed by atoms with Crippen LogP contribution in [0.2, 0.25) is 0 Å². The second-order valence-electron chi connectivity index (χ2n) is 4.69. The summed E-state index contributed by atoms with van der Waals surface area (Å²) in [4.78, 5) is 5.59. The van der Waals surface area contributed by atoms with Crippen LogP contribution in [0.4, 0.5) is 0 Å². The molecule has 104 valence electrons. The number of amidine groups is 1. The molecule has 2 aromatic rings. The minimum absolute atomic E-state index is 0.128. The Morgan fingerprint density at radius 1 is 1.20 bits per heavy atom. The second-order valence-corrected chi connectivity index (χ2v) is 5.78. The molecule has 0 unspecified atom stereocenters. The van der Waals surface area contributed by atoms with E-state index in [-0.39, 0.29) is 5.84 Å². The van der Waals surface area contributed by atoms with Gasteiger partial charge in [0.25, 0.3) is 0 Å². The van der Waals surface area contributed by atoms with E-state index in [0.29, 0.717) is 0 Å². The number of nitrogens with two attached hydrogens (primary N) is 1. The van der Waals surface area contributed by atoms with Gasteiger partial charge < -0.3 is 10.9 Å². The van der Waals surface area contributed by atoms with Crippen LogP contribution in [0.3, 0.4) is 0 Å². The van der Waals surface area contributed by atoms with E-state index >= 15 is 0 Å². The summed E-state index contributed by atoms with van der Waals surface area (Å²) < 4.78 is 0. The molecule has 0 bridgehead atoms. The summed E-state index contributed by atoms with van der Waals surface area (Å²) in [5.74, 6) is 0.128. The number of nitrogens with zero attached hydrogens (tertiary/aromatic N) is 2. The van der Waals surface area contributed by atoms with Gasteiger partial charge in [-0.15, -0.1) is 0 Å². The standard InChI is InChI=1S/C15H17N3OS/c1-9-6-11(3)17-14(7-9)20-12-4-5-13(10(2)8-12)15(16)18-19/h4-8,19H,1-3H3,(H2,16,18). The lowest BCUT2D eigenvalue weighted by Gasteiger charge is -2.08. The van der Waals surface area contributed by atoms with Gasteiger partial charge in [-0.05, 0) is 62.2 Å². The van der Waals surface area contributed by atoms with Gasteiger partial charge in [0.15, 0.2) is 5.84 Å². The predicted octanol–water partition coefficient (Wildman–Crippen LogP) is 3.25. The van der Waals surface area contributed by atoms with Crippen molar-refractivity contribution in [1.29, 1.82) is 0 Å². The molecule has 3 N–H and O–H groups in total. The Bertz CT molecular complexity index is 648. The number of benzene rings is 1. The van der Waals surface area contributed by atoms with Crippen molar-refractivity contribution in [3.8, 4) is 0 Å². The Labute approximate surface area is 122 Å². The third kappa shape index (κ3) is 3.30. The van der Waals surface area contributed by atoms with Gasteiger partial charge >= 0.3 is 0 Å². The number of aromatic nitrogens is 1. The molecule has 0 amide bonds. The quantitative estimate of drug-likeness (QED) is 0.393. The summed E-state index contributed by atoms with van der Waals surface area (Å²) in [5.41, 5.74) is 9.54. The highest BCUT2D eigenvalue weighted by molar-refractivity contribution is 7.99. The van der Waals surface area contributed by atoms with Crippen molar-refractivity contribution in [1.82, 2.24) is 4.98 Å². The summed E-state index contributed by atoms with van der Waals surface area (Å²) in [6.45, 7) is 5.99. The smallest absolute Gasteiger partial charge is 0.170 e. The summed E-state index contributed by atoms with van der Waals surface area (Å²) in [6, 6.07) is 9.93. The second kappa shape index (κ2) is 5.96. The highest BCUT2D eigenvalue weighted by atomic mass is 32.2. The number of rotatable bonds is 3. The fourth-order valence-electron chi connectivity index (χ4n) is 2.02. The highest BCUT2D eigenvalue weighted by Gasteiger charge is 2.06. The number of oxime groups is 1. The maximum atomic E-state index is 8.73. The van der Waals surface area contributed by atoms with E-state index < -0.39 is 0 Å². The van der Waals surface area contributed by atoms with Gasteiger partial charge in [-0.1, -0.05) is 16.9 Å². The highest BCUT2D eigenvalue weighted by Crippen LogP contribution is 2.28. The molecule has 0 fully saturated rings. The lowest BCUT2D eigenvalue weighted by molar-refractivity contribution is 0.318. The molecule has 0 saturated carbocycles. The number of hydrogen-bond acceptors (Lipinski definition) is 4. The molecule has 4 nitrogen and oxygen atoms in total. The fraction of sp³-hybridized carbons (Fsp3) is 0.200. The Hall–Kier alpha value is -2.01. The summed E-state index contributed by atoms with van der Waals surface area (Å²) >= 11 is 1.60. The minimum atomic E-state index is 0.128. The molecule has 2 rings (SSSR count). The van der Waals surface area contributed by atoms with Crippen LogP contribution < -0.4 is 5.73 Å². The van der Waals surface area contributed by atoms with Crippen LogP contribution in [0.25, 0.3) is 0 Å². The van der Waals surface area contributed by atoms with Crippen molar-refractivity contribution in [2.75, 3.05) is 0 Å². The molecule has 0 aliphatic carbocycles. The van der Waals surface area contributed by atoms with E-state index in [9.17, 15) is 0 Å². The first-order valence-corrected chi connectivity index (χ1v) is 7.03. The number of aryl methyl sites for hydroxylation is 3. The Kier molecular flexibility index (Phi) is 4.29. The molecule has 20 heavy (non-hydrogen) atoms. The molecule has 0 spiro atoms. The fourth-order valence-corrected chi connectivity index (χ4v) is 3.07. The first-order chi connectivity index (χ1) is 9.49. The maximum Gasteiger partial charge on any atom is 0.170 e. The molecule has 0 atom stereocenters. The monoisotopic (exact) mass is 287 g/mol. The van der Waals surface area contributed by atoms with Crippen molar-refractivity contribution in [2.45, 2.75) is 30.7 Å². The van der Waals surface area contributed by atoms with Gasteiger partial charge in [0.1, 0.15) is 5.03 Å². The topological polar surface area (TPSA) is 71.5 Å². The van der Waals surface area contributed by atoms with Gasteiger partial charge in [0.2, 0.25) is 0 Å². The number of hydrogen-bond donors (Lipinski definition) is 2. The van der Waals surface area contributed by atoms with Gasteiger partial charge in [-0.2, -0.15) is 0 Å². The lowest BCUT2D eigenvalue weighted by Crippen LogP contribution is -2.14. The van der Waals surface area contributed by atoms with Crippen molar-refractivity contribution < 1.29 is 5.21 Å². The van der Waals surface area contributed by atoms with Crippen molar-refractivity contribution in [3.05, 3.63) is 52.7 Å². The predicted molar refractivity (Wildman–Crippen MR) is 81.5 cm³/mol. The third-order valence-electron chi connectivity index (χ3n) is 2.88. The normalized spacial score (nSPS) is 11.7. The van der Waals surface area contributed by atoms with E-state index in [1.807, 2.05) is 32.0 Å². The van der Waals surface area contributed by atoms with E-state index in [0.717, 1.165) is 26.7 Å². The van der Waals surface area contributed by atoms with Crippen LogP contribution in [-0.2, 0) is 0 Å². The molecule has 0 saturated heterocycles. The first-order valence-electron chi connectivity index (χ1n) is 6.21. The van der Waals surface area contributed by atoms with Gasteiger partial charge in [0.05, 0.1) is 0 Å². The molecule has 1 aromatic carbocycles. The van der Waals surface area contributed by atoms with Gasteiger partial charge in [-0.25, -0.2) is 4.98 Å². The number of pyridine rings is 1. The zero-order valence-electron chi connectivity index (χ0n) is 11.7. The summed E-state index contributed by atoms with van der Waals surface area (Å²) in [6.07, 6.45) is 0. The van der Waals surface area contributed by atoms with Gasteiger partial charge in [-0.3, -0.25) is 0 Å². The average molecular weight is 287 g/mol. The van der Waals surface area contributed by atoms with E-state index in [1.165, 1.54) is 5.56 Å². The van der Waals surface area contributed by atoms with Crippen LogP contribution in [-0.4, -0.2) is 16.0 Å². The van der Waals surface area contributed by atoms with Crippen LogP contribution in [0.1, 0.15) is 22.4 Å². The van der Waals surface area contributed by atoms with E-state index in [1.54, 1.807) is 11.8 Å². The minimum Gasteiger partial charge on any atom is -0.409 e. The zero-order chi connectivity index (χ0) is 14.7. The lowest BCUT2D eigenvalue weighted by atomic mass is 10.1. The SMILES string of the molecule is Cc1cc(C)nc(Sc2ccc(/C(N)=N/O)c(C)c2)c1.